The van der Waals surface area contributed by atoms with Gasteiger partial charge in [-0.15, -0.1) is 16.4 Å². The molecule has 3 aromatic carbocycles. The van der Waals surface area contributed by atoms with Crippen molar-refractivity contribution in [3.8, 4) is 0 Å². The average Bonchev–Trinajstić information content (AvgIpc) is 3.23. The summed E-state index contributed by atoms with van der Waals surface area (Å²) in [5, 5.41) is 14.8. The van der Waals surface area contributed by atoms with Crippen LogP contribution in [0.3, 0.4) is 0 Å². The van der Waals surface area contributed by atoms with E-state index in [-0.39, 0.29) is 0 Å². The molecule has 0 saturated heterocycles. The molecule has 5 rings (SSSR count). The highest BCUT2D eigenvalue weighted by Crippen LogP contribution is 2.36. The number of aromatic nitrogens is 3. The van der Waals surface area contributed by atoms with Crippen LogP contribution in [-0.4, -0.2) is 15.0 Å². The van der Waals surface area contributed by atoms with Gasteiger partial charge in [0.25, 0.3) is 0 Å². The van der Waals surface area contributed by atoms with E-state index in [1.807, 2.05) is 10.7 Å². The minimum absolute atomic E-state index is 0.739. The Labute approximate surface area is 136 Å². The Morgan fingerprint density at radius 1 is 0.826 bits per heavy atom. The minimum Gasteiger partial charge on any atom is -0.239 e. The number of hydrogen-bond acceptors (Lipinski definition) is 3. The fourth-order valence-corrected chi connectivity index (χ4v) is 4.17. The van der Waals surface area contributed by atoms with Crippen LogP contribution in [-0.2, 0) is 6.54 Å². The maximum atomic E-state index is 4.49. The fourth-order valence-electron chi connectivity index (χ4n) is 3.22. The van der Waals surface area contributed by atoms with Gasteiger partial charge in [0.1, 0.15) is 11.0 Å². The van der Waals surface area contributed by atoms with Gasteiger partial charge in [-0.1, -0.05) is 59.8 Å². The van der Waals surface area contributed by atoms with Crippen molar-refractivity contribution in [3.05, 3.63) is 71.6 Å². The standard InChI is InChI=1S/C19H13N3S/c1-2-6-13(7-3-1)12-22-18-17(20-21-22)15-9-5-4-8-14(15)16-10-11-23-19(16)18/h1-11H,12H2. The van der Waals surface area contributed by atoms with Crippen molar-refractivity contribution in [2.45, 2.75) is 6.54 Å². The summed E-state index contributed by atoms with van der Waals surface area (Å²) in [7, 11) is 0. The first-order valence-corrected chi connectivity index (χ1v) is 8.45. The molecule has 0 atom stereocenters. The van der Waals surface area contributed by atoms with Crippen LogP contribution in [0.2, 0.25) is 0 Å². The van der Waals surface area contributed by atoms with E-state index in [0.29, 0.717) is 0 Å². The molecule has 3 nitrogen and oxygen atoms in total. The zero-order valence-corrected chi connectivity index (χ0v) is 13.1. The van der Waals surface area contributed by atoms with Crippen molar-refractivity contribution in [2.75, 3.05) is 0 Å². The molecule has 0 unspecified atom stereocenters. The Hall–Kier alpha value is -2.72. The number of thiophene rings is 1. The van der Waals surface area contributed by atoms with Gasteiger partial charge in [-0.3, -0.25) is 0 Å². The van der Waals surface area contributed by atoms with Gasteiger partial charge in [0.05, 0.1) is 11.2 Å². The van der Waals surface area contributed by atoms with Crippen LogP contribution >= 0.6 is 11.3 Å². The molecule has 0 aliphatic heterocycles. The molecule has 0 bridgehead atoms. The van der Waals surface area contributed by atoms with Crippen LogP contribution in [0, 0.1) is 0 Å². The highest BCUT2D eigenvalue weighted by Gasteiger charge is 2.15. The first kappa shape index (κ1) is 12.8. The summed E-state index contributed by atoms with van der Waals surface area (Å²) in [4.78, 5) is 0. The van der Waals surface area contributed by atoms with E-state index in [2.05, 4.69) is 70.3 Å². The molecule has 0 N–H and O–H groups in total. The lowest BCUT2D eigenvalue weighted by Gasteiger charge is -2.05. The maximum absolute atomic E-state index is 4.49. The number of nitrogens with zero attached hydrogens (tertiary/aromatic N) is 3. The third-order valence-corrected chi connectivity index (χ3v) is 5.18. The van der Waals surface area contributed by atoms with Gasteiger partial charge in [-0.2, -0.15) is 0 Å². The molecule has 23 heavy (non-hydrogen) atoms. The average molecular weight is 315 g/mol. The second-order valence-electron chi connectivity index (χ2n) is 5.64. The van der Waals surface area contributed by atoms with Crippen LogP contribution < -0.4 is 0 Å². The lowest BCUT2D eigenvalue weighted by atomic mass is 10.1. The second kappa shape index (κ2) is 4.89. The quantitative estimate of drug-likeness (QED) is 0.466. The van der Waals surface area contributed by atoms with Gasteiger partial charge in [0.15, 0.2) is 0 Å². The Balaban J connectivity index is 1.86. The molecule has 5 aromatic rings. The molecular formula is C19H13N3S. The van der Waals surface area contributed by atoms with Crippen molar-refractivity contribution < 1.29 is 0 Å². The summed E-state index contributed by atoms with van der Waals surface area (Å²) in [5.41, 5.74) is 3.36. The third kappa shape index (κ3) is 1.88. The smallest absolute Gasteiger partial charge is 0.122 e. The number of benzene rings is 3. The van der Waals surface area contributed by atoms with Crippen molar-refractivity contribution in [1.82, 2.24) is 15.0 Å². The van der Waals surface area contributed by atoms with E-state index >= 15 is 0 Å². The highest BCUT2D eigenvalue weighted by atomic mass is 32.1. The first-order valence-electron chi connectivity index (χ1n) is 7.57. The largest absolute Gasteiger partial charge is 0.239 e. The molecule has 0 amide bonds. The molecular weight excluding hydrogens is 302 g/mol. The lowest BCUT2D eigenvalue weighted by Crippen LogP contribution is -2.01. The third-order valence-electron chi connectivity index (χ3n) is 4.26. The van der Waals surface area contributed by atoms with Gasteiger partial charge in [0, 0.05) is 10.8 Å². The molecule has 0 aliphatic carbocycles. The van der Waals surface area contributed by atoms with Crippen molar-refractivity contribution >= 4 is 43.2 Å². The predicted octanol–water partition coefficient (Wildman–Crippen LogP) is 4.85. The van der Waals surface area contributed by atoms with Gasteiger partial charge in [-0.25, -0.2) is 4.68 Å². The molecule has 0 aliphatic rings. The van der Waals surface area contributed by atoms with E-state index in [1.165, 1.54) is 26.4 Å². The Morgan fingerprint density at radius 3 is 2.48 bits per heavy atom. The SMILES string of the molecule is c1ccc(Cn2nnc3c4ccccc4c4ccsc4c32)cc1. The number of rotatable bonds is 2. The normalized spacial score (nSPS) is 11.7. The fraction of sp³-hybridized carbons (Fsp3) is 0.0526. The highest BCUT2D eigenvalue weighted by molar-refractivity contribution is 7.18. The zero-order chi connectivity index (χ0) is 15.2. The summed E-state index contributed by atoms with van der Waals surface area (Å²) < 4.78 is 3.29. The Kier molecular flexibility index (Phi) is 2.72. The van der Waals surface area contributed by atoms with Crippen LogP contribution in [0.1, 0.15) is 5.56 Å². The number of hydrogen-bond donors (Lipinski definition) is 0. The van der Waals surface area contributed by atoms with E-state index in [0.717, 1.165) is 17.6 Å². The summed E-state index contributed by atoms with van der Waals surface area (Å²) >= 11 is 1.76. The van der Waals surface area contributed by atoms with Crippen LogP contribution in [0.4, 0.5) is 0 Å². The molecule has 2 aromatic heterocycles. The van der Waals surface area contributed by atoms with Gasteiger partial charge in [0.2, 0.25) is 0 Å². The zero-order valence-electron chi connectivity index (χ0n) is 12.3. The first-order chi connectivity index (χ1) is 11.4. The van der Waals surface area contributed by atoms with Crippen LogP contribution in [0.25, 0.3) is 31.9 Å². The van der Waals surface area contributed by atoms with Gasteiger partial charge in [-0.05, 0) is 22.4 Å². The summed E-state index contributed by atoms with van der Waals surface area (Å²) in [6.07, 6.45) is 0. The van der Waals surface area contributed by atoms with E-state index < -0.39 is 0 Å². The van der Waals surface area contributed by atoms with Crippen LogP contribution in [0.5, 0.6) is 0 Å². The maximum Gasteiger partial charge on any atom is 0.122 e. The summed E-state index contributed by atoms with van der Waals surface area (Å²) in [6, 6.07) is 21.1. The minimum atomic E-state index is 0.739. The Morgan fingerprint density at radius 2 is 1.61 bits per heavy atom. The molecule has 0 fully saturated rings. The summed E-state index contributed by atoms with van der Waals surface area (Å²) in [5.74, 6) is 0. The summed E-state index contributed by atoms with van der Waals surface area (Å²) in [6.45, 7) is 0.739. The molecule has 2 heterocycles. The lowest BCUT2D eigenvalue weighted by molar-refractivity contribution is 0.671. The molecule has 110 valence electrons. The van der Waals surface area contributed by atoms with Crippen LogP contribution in [0.15, 0.2) is 66.0 Å². The van der Waals surface area contributed by atoms with E-state index in [4.69, 9.17) is 0 Å². The van der Waals surface area contributed by atoms with Gasteiger partial charge >= 0.3 is 0 Å². The molecule has 0 saturated carbocycles. The number of fused-ring (bicyclic) bond motifs is 6. The van der Waals surface area contributed by atoms with Crippen molar-refractivity contribution in [2.24, 2.45) is 0 Å². The Bertz CT molecular complexity index is 1140. The predicted molar refractivity (Wildman–Crippen MR) is 96.0 cm³/mol. The monoisotopic (exact) mass is 315 g/mol. The van der Waals surface area contributed by atoms with E-state index in [1.54, 1.807) is 11.3 Å². The van der Waals surface area contributed by atoms with Crippen molar-refractivity contribution in [1.29, 1.82) is 0 Å². The van der Waals surface area contributed by atoms with Gasteiger partial charge < -0.3 is 0 Å². The second-order valence-corrected chi connectivity index (χ2v) is 6.56. The molecule has 0 spiro atoms. The topological polar surface area (TPSA) is 30.7 Å². The van der Waals surface area contributed by atoms with E-state index in [9.17, 15) is 0 Å². The molecule has 0 radical (unpaired) electrons. The molecule has 4 heteroatoms. The van der Waals surface area contributed by atoms with Crippen molar-refractivity contribution in [3.63, 3.8) is 0 Å².